The molecule has 1 saturated heterocycles. The van der Waals surface area contributed by atoms with Crippen molar-refractivity contribution in [3.05, 3.63) is 11.7 Å². The van der Waals surface area contributed by atoms with E-state index in [1.165, 1.54) is 5.75 Å². The van der Waals surface area contributed by atoms with E-state index in [-0.39, 0.29) is 12.0 Å². The van der Waals surface area contributed by atoms with Gasteiger partial charge in [-0.25, -0.2) is 0 Å². The molecule has 2 N–H and O–H groups in total. The fourth-order valence-electron chi connectivity index (χ4n) is 2.20. The van der Waals surface area contributed by atoms with Gasteiger partial charge in [0.25, 0.3) is 0 Å². The SMILES string of the molecule is CCCC(CN)c1nc(C2CSCCN2C)no1. The molecule has 1 aliphatic heterocycles. The van der Waals surface area contributed by atoms with Crippen LogP contribution in [0.2, 0.25) is 0 Å². The summed E-state index contributed by atoms with van der Waals surface area (Å²) >= 11 is 1.95. The van der Waals surface area contributed by atoms with Gasteiger partial charge in [0.15, 0.2) is 5.82 Å². The molecule has 1 aliphatic rings. The Labute approximate surface area is 112 Å². The van der Waals surface area contributed by atoms with Crippen LogP contribution in [0.4, 0.5) is 0 Å². The van der Waals surface area contributed by atoms with E-state index in [0.29, 0.717) is 12.4 Å². The fourth-order valence-corrected chi connectivity index (χ4v) is 3.41. The molecule has 0 bridgehead atoms. The quantitative estimate of drug-likeness (QED) is 0.877. The van der Waals surface area contributed by atoms with Gasteiger partial charge in [0.2, 0.25) is 5.89 Å². The fraction of sp³-hybridized carbons (Fsp3) is 0.833. The molecule has 1 fully saturated rings. The number of thioether (sulfide) groups is 1. The standard InChI is InChI=1S/C12H22N4OS/c1-3-4-9(7-13)12-14-11(15-17-12)10-8-18-6-5-16(10)2/h9-10H,3-8,13H2,1-2H3. The molecule has 5 nitrogen and oxygen atoms in total. The second-order valence-electron chi connectivity index (χ2n) is 4.78. The summed E-state index contributed by atoms with van der Waals surface area (Å²) in [6, 6.07) is 0.279. The highest BCUT2D eigenvalue weighted by molar-refractivity contribution is 7.99. The molecular formula is C12H22N4OS. The van der Waals surface area contributed by atoms with Crippen molar-refractivity contribution in [1.82, 2.24) is 15.0 Å². The van der Waals surface area contributed by atoms with E-state index in [4.69, 9.17) is 10.3 Å². The predicted molar refractivity (Wildman–Crippen MR) is 73.7 cm³/mol. The summed E-state index contributed by atoms with van der Waals surface area (Å²) in [5.41, 5.74) is 5.76. The van der Waals surface area contributed by atoms with Crippen LogP contribution in [0.1, 0.15) is 43.4 Å². The molecule has 18 heavy (non-hydrogen) atoms. The smallest absolute Gasteiger partial charge is 0.231 e. The van der Waals surface area contributed by atoms with Gasteiger partial charge in [-0.15, -0.1) is 0 Å². The van der Waals surface area contributed by atoms with Gasteiger partial charge in [0.1, 0.15) is 0 Å². The van der Waals surface area contributed by atoms with Crippen LogP contribution in [-0.2, 0) is 0 Å². The second-order valence-corrected chi connectivity index (χ2v) is 5.93. The van der Waals surface area contributed by atoms with Gasteiger partial charge in [0, 0.05) is 24.6 Å². The van der Waals surface area contributed by atoms with Gasteiger partial charge in [-0.1, -0.05) is 18.5 Å². The molecule has 0 spiro atoms. The van der Waals surface area contributed by atoms with Crippen molar-refractivity contribution < 1.29 is 4.52 Å². The summed E-state index contributed by atoms with van der Waals surface area (Å²) in [5, 5.41) is 4.14. The first-order valence-electron chi connectivity index (χ1n) is 6.57. The summed E-state index contributed by atoms with van der Waals surface area (Å²) < 4.78 is 5.39. The summed E-state index contributed by atoms with van der Waals surface area (Å²) in [6.45, 7) is 3.80. The zero-order valence-corrected chi connectivity index (χ0v) is 11.9. The van der Waals surface area contributed by atoms with E-state index in [2.05, 4.69) is 29.0 Å². The van der Waals surface area contributed by atoms with Gasteiger partial charge in [-0.3, -0.25) is 4.90 Å². The Balaban J connectivity index is 2.08. The molecule has 6 heteroatoms. The van der Waals surface area contributed by atoms with Crippen LogP contribution in [0.15, 0.2) is 4.52 Å². The van der Waals surface area contributed by atoms with E-state index in [1.54, 1.807) is 0 Å². The normalized spacial score (nSPS) is 23.2. The molecule has 2 atom stereocenters. The van der Waals surface area contributed by atoms with Crippen LogP contribution < -0.4 is 5.73 Å². The number of aromatic nitrogens is 2. The van der Waals surface area contributed by atoms with Crippen LogP contribution >= 0.6 is 11.8 Å². The Hall–Kier alpha value is -0.590. The maximum absolute atomic E-state index is 5.76. The number of rotatable bonds is 5. The van der Waals surface area contributed by atoms with Crippen molar-refractivity contribution in [2.75, 3.05) is 31.6 Å². The lowest BCUT2D eigenvalue weighted by Gasteiger charge is -2.29. The zero-order valence-electron chi connectivity index (χ0n) is 11.1. The second kappa shape index (κ2) is 6.54. The monoisotopic (exact) mass is 270 g/mol. The first kappa shape index (κ1) is 13.8. The van der Waals surface area contributed by atoms with E-state index >= 15 is 0 Å². The molecule has 1 aromatic heterocycles. The summed E-state index contributed by atoms with van der Waals surface area (Å²) in [4.78, 5) is 6.86. The van der Waals surface area contributed by atoms with Crippen LogP contribution in [0.5, 0.6) is 0 Å². The van der Waals surface area contributed by atoms with Crippen molar-refractivity contribution >= 4 is 11.8 Å². The molecule has 0 saturated carbocycles. The van der Waals surface area contributed by atoms with Crippen molar-refractivity contribution in [2.24, 2.45) is 5.73 Å². The third-order valence-electron chi connectivity index (χ3n) is 3.42. The van der Waals surface area contributed by atoms with E-state index in [1.807, 2.05) is 11.8 Å². The highest BCUT2D eigenvalue weighted by Gasteiger charge is 2.27. The average molecular weight is 270 g/mol. The first-order valence-corrected chi connectivity index (χ1v) is 7.73. The van der Waals surface area contributed by atoms with Crippen LogP contribution in [-0.4, -0.2) is 46.7 Å². The molecule has 0 aliphatic carbocycles. The third-order valence-corrected chi connectivity index (χ3v) is 4.45. The minimum Gasteiger partial charge on any atom is -0.339 e. The lowest BCUT2D eigenvalue weighted by molar-refractivity contribution is 0.256. The van der Waals surface area contributed by atoms with Crippen LogP contribution in [0.3, 0.4) is 0 Å². The Kier molecular flexibility index (Phi) is 5.03. The van der Waals surface area contributed by atoms with Crippen molar-refractivity contribution in [1.29, 1.82) is 0 Å². The molecule has 102 valence electrons. The van der Waals surface area contributed by atoms with Crippen LogP contribution in [0, 0.1) is 0 Å². The molecule has 2 heterocycles. The lowest BCUT2D eigenvalue weighted by atomic mass is 10.0. The Morgan fingerprint density at radius 2 is 2.44 bits per heavy atom. The molecule has 0 amide bonds. The van der Waals surface area contributed by atoms with Gasteiger partial charge < -0.3 is 10.3 Å². The van der Waals surface area contributed by atoms with Gasteiger partial charge in [-0.2, -0.15) is 16.7 Å². The molecule has 1 aromatic rings. The van der Waals surface area contributed by atoms with Crippen molar-refractivity contribution in [3.63, 3.8) is 0 Å². The average Bonchev–Trinajstić information content (AvgIpc) is 2.85. The third kappa shape index (κ3) is 3.05. The van der Waals surface area contributed by atoms with Gasteiger partial charge >= 0.3 is 0 Å². The molecular weight excluding hydrogens is 248 g/mol. The first-order chi connectivity index (χ1) is 8.76. The Bertz CT molecular complexity index is 371. The molecule has 0 radical (unpaired) electrons. The maximum atomic E-state index is 5.76. The summed E-state index contributed by atoms with van der Waals surface area (Å²) in [6.07, 6.45) is 2.09. The zero-order chi connectivity index (χ0) is 13.0. The number of hydrogen-bond acceptors (Lipinski definition) is 6. The molecule has 0 aromatic carbocycles. The van der Waals surface area contributed by atoms with Crippen molar-refractivity contribution in [2.45, 2.75) is 31.7 Å². The highest BCUT2D eigenvalue weighted by atomic mass is 32.2. The van der Waals surface area contributed by atoms with Crippen LogP contribution in [0.25, 0.3) is 0 Å². The minimum absolute atomic E-state index is 0.206. The largest absolute Gasteiger partial charge is 0.339 e. The molecule has 2 unspecified atom stereocenters. The predicted octanol–water partition coefficient (Wildman–Crippen LogP) is 1.63. The van der Waals surface area contributed by atoms with Crippen molar-refractivity contribution in [3.8, 4) is 0 Å². The topological polar surface area (TPSA) is 68.2 Å². The highest BCUT2D eigenvalue weighted by Crippen LogP contribution is 2.27. The van der Waals surface area contributed by atoms with E-state index < -0.39 is 0 Å². The molecule has 2 rings (SSSR count). The number of nitrogens with zero attached hydrogens (tertiary/aromatic N) is 3. The van der Waals surface area contributed by atoms with E-state index in [0.717, 1.165) is 31.0 Å². The summed E-state index contributed by atoms with van der Waals surface area (Å²) in [5.74, 6) is 3.94. The maximum Gasteiger partial charge on any atom is 0.231 e. The van der Waals surface area contributed by atoms with Gasteiger partial charge in [0.05, 0.1) is 12.0 Å². The number of hydrogen-bond donors (Lipinski definition) is 1. The Morgan fingerprint density at radius 1 is 1.61 bits per heavy atom. The van der Waals surface area contributed by atoms with E-state index in [9.17, 15) is 0 Å². The Morgan fingerprint density at radius 3 is 3.11 bits per heavy atom. The van der Waals surface area contributed by atoms with Gasteiger partial charge in [-0.05, 0) is 13.5 Å². The number of nitrogens with two attached hydrogens (primary N) is 1. The minimum atomic E-state index is 0.206. The summed E-state index contributed by atoms with van der Waals surface area (Å²) in [7, 11) is 2.12. The lowest BCUT2D eigenvalue weighted by Crippen LogP contribution is -2.33.